The van der Waals surface area contributed by atoms with Crippen LogP contribution in [0.5, 0.6) is 5.75 Å². The number of nitrogens with one attached hydrogen (secondary N) is 2. The number of hydrogen-bond acceptors (Lipinski definition) is 7. The van der Waals surface area contributed by atoms with E-state index in [0.29, 0.717) is 5.69 Å². The molecular weight excluding hydrogens is 536 g/mol. The van der Waals surface area contributed by atoms with E-state index in [9.17, 15) is 23.1 Å². The SMILES string of the molecule is C[C@H](CO)N1C[C@H](C)[C@@H](CN(C)C(=O)Nc2ccccc2)Oc2c(NS(=O)(=O)c3cn(C)cn3)cccc2C1=O. The largest absolute Gasteiger partial charge is 0.485 e. The summed E-state index contributed by atoms with van der Waals surface area (Å²) in [7, 11) is -0.823. The molecule has 12 nitrogen and oxygen atoms in total. The summed E-state index contributed by atoms with van der Waals surface area (Å²) in [5.74, 6) is -0.662. The summed E-state index contributed by atoms with van der Waals surface area (Å²) < 4.78 is 36.6. The smallest absolute Gasteiger partial charge is 0.321 e. The average Bonchev–Trinajstić information content (AvgIpc) is 3.38. The van der Waals surface area contributed by atoms with E-state index >= 15 is 0 Å². The summed E-state index contributed by atoms with van der Waals surface area (Å²) in [6, 6.07) is 12.8. The normalized spacial score (nSPS) is 18.1. The number of carbonyl (C=O) groups excluding carboxylic acids is 2. The maximum Gasteiger partial charge on any atom is 0.321 e. The number of ether oxygens (including phenoxy) is 1. The lowest BCUT2D eigenvalue weighted by Gasteiger charge is -2.38. The Bertz CT molecular complexity index is 1460. The molecular formula is C27H34N6O6S. The van der Waals surface area contributed by atoms with Gasteiger partial charge in [0, 0.05) is 38.4 Å². The molecule has 2 aromatic carbocycles. The van der Waals surface area contributed by atoms with E-state index in [1.54, 1.807) is 50.2 Å². The summed E-state index contributed by atoms with van der Waals surface area (Å²) in [6.07, 6.45) is 2.09. The Balaban J connectivity index is 1.69. The van der Waals surface area contributed by atoms with Gasteiger partial charge in [0.05, 0.1) is 36.8 Å². The fraction of sp³-hybridized carbons (Fsp3) is 0.370. The maximum atomic E-state index is 13.6. The Kier molecular flexibility index (Phi) is 8.64. The van der Waals surface area contributed by atoms with Gasteiger partial charge in [0.25, 0.3) is 15.9 Å². The molecule has 0 fully saturated rings. The lowest BCUT2D eigenvalue weighted by Crippen LogP contribution is -2.50. The highest BCUT2D eigenvalue weighted by atomic mass is 32.2. The van der Waals surface area contributed by atoms with Gasteiger partial charge in [-0.05, 0) is 31.2 Å². The molecule has 1 aliphatic heterocycles. The van der Waals surface area contributed by atoms with Gasteiger partial charge in [0.1, 0.15) is 6.10 Å². The van der Waals surface area contributed by atoms with Gasteiger partial charge in [-0.2, -0.15) is 8.42 Å². The van der Waals surface area contributed by atoms with Crippen LogP contribution in [0.25, 0.3) is 0 Å². The first kappa shape index (κ1) is 28.9. The zero-order valence-electron chi connectivity index (χ0n) is 22.8. The van der Waals surface area contributed by atoms with Gasteiger partial charge in [-0.3, -0.25) is 9.52 Å². The second kappa shape index (κ2) is 12.0. The van der Waals surface area contributed by atoms with E-state index < -0.39 is 28.1 Å². The van der Waals surface area contributed by atoms with Gasteiger partial charge < -0.3 is 29.5 Å². The molecule has 3 amide bonds. The van der Waals surface area contributed by atoms with Crippen LogP contribution in [0.1, 0.15) is 24.2 Å². The average molecular weight is 571 g/mol. The summed E-state index contributed by atoms with van der Waals surface area (Å²) >= 11 is 0. The third-order valence-electron chi connectivity index (χ3n) is 6.72. The number of aryl methyl sites for hydroxylation is 1. The number of aromatic nitrogens is 2. The van der Waals surface area contributed by atoms with Crippen molar-refractivity contribution in [1.29, 1.82) is 0 Å². The number of fused-ring (bicyclic) bond motifs is 1. The minimum absolute atomic E-state index is 0.0376. The van der Waals surface area contributed by atoms with Crippen LogP contribution in [0.15, 0.2) is 66.1 Å². The van der Waals surface area contributed by atoms with Gasteiger partial charge in [-0.25, -0.2) is 9.78 Å². The lowest BCUT2D eigenvalue weighted by molar-refractivity contribution is 0.0373. The van der Waals surface area contributed by atoms with Gasteiger partial charge in [-0.15, -0.1) is 0 Å². The zero-order valence-corrected chi connectivity index (χ0v) is 23.6. The Morgan fingerprint density at radius 2 is 1.95 bits per heavy atom. The van der Waals surface area contributed by atoms with Crippen molar-refractivity contribution in [3.05, 3.63) is 66.6 Å². The van der Waals surface area contributed by atoms with Gasteiger partial charge in [-0.1, -0.05) is 31.2 Å². The third-order valence-corrected chi connectivity index (χ3v) is 7.97. The molecule has 13 heteroatoms. The molecule has 0 spiro atoms. The Morgan fingerprint density at radius 3 is 2.60 bits per heavy atom. The van der Waals surface area contributed by atoms with Crippen molar-refractivity contribution in [3.8, 4) is 5.75 Å². The standard InChI is InChI=1S/C27H34N6O6S/c1-18-13-33(19(2)16-34)26(35)21-11-8-12-22(30-40(37,38)24-15-31(3)17-28-24)25(21)39-23(18)14-32(4)27(36)29-20-9-6-5-7-10-20/h5-12,15,17-19,23,30,34H,13-14,16H2,1-4H3,(H,29,36)/t18-,19+,23+/m0/s1. The van der Waals surface area contributed by atoms with E-state index in [2.05, 4.69) is 15.0 Å². The summed E-state index contributed by atoms with van der Waals surface area (Å²) in [6.45, 7) is 3.74. The van der Waals surface area contributed by atoms with Crippen LogP contribution >= 0.6 is 0 Å². The molecule has 40 heavy (non-hydrogen) atoms. The first-order valence-corrected chi connectivity index (χ1v) is 14.3. The molecule has 2 heterocycles. The van der Waals surface area contributed by atoms with Crippen molar-refractivity contribution >= 4 is 33.3 Å². The molecule has 4 rings (SSSR count). The van der Waals surface area contributed by atoms with Crippen LogP contribution in [-0.4, -0.2) is 83.7 Å². The molecule has 3 aromatic rings. The predicted molar refractivity (Wildman–Crippen MR) is 150 cm³/mol. The van der Waals surface area contributed by atoms with Crippen molar-refractivity contribution in [2.45, 2.75) is 31.0 Å². The topological polar surface area (TPSA) is 146 Å². The molecule has 3 N–H and O–H groups in total. The van der Waals surface area contributed by atoms with E-state index in [1.807, 2.05) is 25.1 Å². The van der Waals surface area contributed by atoms with E-state index in [1.165, 1.54) is 28.1 Å². The number of carbonyl (C=O) groups is 2. The van der Waals surface area contributed by atoms with E-state index in [4.69, 9.17) is 4.74 Å². The Morgan fingerprint density at radius 1 is 1.23 bits per heavy atom. The van der Waals surface area contributed by atoms with Crippen molar-refractivity contribution in [2.24, 2.45) is 13.0 Å². The minimum atomic E-state index is -4.10. The lowest BCUT2D eigenvalue weighted by atomic mass is 9.99. The number of aliphatic hydroxyl groups excluding tert-OH is 1. The summed E-state index contributed by atoms with van der Waals surface area (Å²) in [5, 5.41) is 12.5. The predicted octanol–water partition coefficient (Wildman–Crippen LogP) is 2.60. The number of anilines is 2. The monoisotopic (exact) mass is 570 g/mol. The number of rotatable bonds is 8. The molecule has 0 radical (unpaired) electrons. The van der Waals surface area contributed by atoms with Crippen molar-refractivity contribution in [3.63, 3.8) is 0 Å². The van der Waals surface area contributed by atoms with Crippen molar-refractivity contribution in [1.82, 2.24) is 19.4 Å². The van der Waals surface area contributed by atoms with Crippen molar-refractivity contribution in [2.75, 3.05) is 36.8 Å². The molecule has 0 aliphatic carbocycles. The van der Waals surface area contributed by atoms with Gasteiger partial charge >= 0.3 is 6.03 Å². The van der Waals surface area contributed by atoms with Crippen LogP contribution < -0.4 is 14.8 Å². The molecule has 3 atom stereocenters. The molecule has 0 saturated heterocycles. The molecule has 1 aromatic heterocycles. The van der Waals surface area contributed by atoms with Crippen LogP contribution in [0.4, 0.5) is 16.2 Å². The van der Waals surface area contributed by atoms with Crippen LogP contribution in [-0.2, 0) is 17.1 Å². The van der Waals surface area contributed by atoms with Gasteiger partial charge in [0.15, 0.2) is 10.8 Å². The van der Waals surface area contributed by atoms with Crippen LogP contribution in [0.3, 0.4) is 0 Å². The maximum absolute atomic E-state index is 13.6. The Labute approximate surface area is 233 Å². The third kappa shape index (κ3) is 6.37. The van der Waals surface area contributed by atoms with Gasteiger partial charge in [0.2, 0.25) is 0 Å². The number of urea groups is 1. The highest BCUT2D eigenvalue weighted by Crippen LogP contribution is 2.36. The highest BCUT2D eigenvalue weighted by molar-refractivity contribution is 7.92. The van der Waals surface area contributed by atoms with Crippen LogP contribution in [0.2, 0.25) is 0 Å². The molecule has 0 bridgehead atoms. The number of likely N-dealkylation sites (N-methyl/N-ethyl adjacent to an activating group) is 1. The fourth-order valence-corrected chi connectivity index (χ4v) is 5.41. The molecule has 214 valence electrons. The molecule has 1 aliphatic rings. The number of imidazole rings is 1. The second-order valence-electron chi connectivity index (χ2n) is 9.96. The number of para-hydroxylation sites is 2. The number of amides is 3. The first-order valence-electron chi connectivity index (χ1n) is 12.8. The zero-order chi connectivity index (χ0) is 29.0. The highest BCUT2D eigenvalue weighted by Gasteiger charge is 2.35. The first-order chi connectivity index (χ1) is 19.0. The molecule has 0 saturated carbocycles. The van der Waals surface area contributed by atoms with Crippen LogP contribution in [0, 0.1) is 5.92 Å². The number of benzene rings is 2. The molecule has 0 unspecified atom stereocenters. The second-order valence-corrected chi connectivity index (χ2v) is 11.6. The van der Waals surface area contributed by atoms with Crippen molar-refractivity contribution < 1.29 is 27.9 Å². The minimum Gasteiger partial charge on any atom is -0.485 e. The van der Waals surface area contributed by atoms with E-state index in [0.717, 1.165) is 0 Å². The van der Waals surface area contributed by atoms with E-state index in [-0.39, 0.29) is 53.7 Å². The summed E-state index contributed by atoms with van der Waals surface area (Å²) in [4.78, 5) is 33.5. The summed E-state index contributed by atoms with van der Waals surface area (Å²) in [5.41, 5.74) is 0.828. The number of nitrogens with zero attached hydrogens (tertiary/aromatic N) is 4. The number of hydrogen-bond donors (Lipinski definition) is 3. The number of sulfonamides is 1. The fourth-order valence-electron chi connectivity index (χ4n) is 4.36. The number of aliphatic hydroxyl groups is 1. The quantitative estimate of drug-likeness (QED) is 0.377. The Hall–Kier alpha value is -4.10.